The molecule has 22 heavy (non-hydrogen) atoms. The number of thioether (sulfide) groups is 1. The zero-order valence-corrected chi connectivity index (χ0v) is 14.4. The third-order valence-electron chi connectivity index (χ3n) is 4.69. The van der Waals surface area contributed by atoms with Crippen LogP contribution in [-0.4, -0.2) is 24.5 Å². The van der Waals surface area contributed by atoms with Gasteiger partial charge in [-0.25, -0.2) is 0 Å². The van der Waals surface area contributed by atoms with Crippen molar-refractivity contribution in [2.24, 2.45) is 0 Å². The number of hydrogen-bond acceptors (Lipinski definition) is 2. The molecule has 0 aromatic heterocycles. The molecule has 2 atom stereocenters. The quantitative estimate of drug-likeness (QED) is 0.688. The molecule has 2 unspecified atom stereocenters. The molecule has 0 radical (unpaired) electrons. The van der Waals surface area contributed by atoms with E-state index >= 15 is 0 Å². The minimum atomic E-state index is 0.535. The van der Waals surface area contributed by atoms with Crippen molar-refractivity contribution in [3.63, 3.8) is 0 Å². The highest BCUT2D eigenvalue weighted by Crippen LogP contribution is 2.41. The molecule has 1 nitrogen and oxygen atoms in total. The van der Waals surface area contributed by atoms with Gasteiger partial charge in [-0.2, -0.15) is 0 Å². The summed E-state index contributed by atoms with van der Waals surface area (Å²) < 4.78 is 0. The van der Waals surface area contributed by atoms with Crippen LogP contribution in [0.25, 0.3) is 0 Å². The molecule has 2 heteroatoms. The maximum absolute atomic E-state index is 2.54. The number of nitrogens with zero attached hydrogens (tertiary/aromatic N) is 1. The van der Waals surface area contributed by atoms with Crippen LogP contribution in [0.2, 0.25) is 0 Å². The van der Waals surface area contributed by atoms with Gasteiger partial charge in [0.2, 0.25) is 0 Å². The van der Waals surface area contributed by atoms with E-state index in [4.69, 9.17) is 0 Å². The van der Waals surface area contributed by atoms with Gasteiger partial charge in [0.25, 0.3) is 0 Å². The Kier molecular flexibility index (Phi) is 5.22. The van der Waals surface area contributed by atoms with E-state index in [9.17, 15) is 0 Å². The lowest BCUT2D eigenvalue weighted by atomic mass is 10.0. The normalized spacial score (nSPS) is 20.2. The van der Waals surface area contributed by atoms with E-state index in [0.29, 0.717) is 5.25 Å². The van der Waals surface area contributed by atoms with E-state index in [1.165, 1.54) is 41.8 Å². The second-order valence-electron chi connectivity index (χ2n) is 6.30. The SMILES string of the molecule is Cc1ccccc1SC(CC1CCCN1C)c1ccccc1. The molecule has 0 amide bonds. The maximum Gasteiger partial charge on any atom is 0.0359 e. The maximum atomic E-state index is 2.54. The minimum Gasteiger partial charge on any atom is -0.303 e. The molecule has 1 heterocycles. The molecule has 116 valence electrons. The molecule has 0 aliphatic carbocycles. The summed E-state index contributed by atoms with van der Waals surface area (Å²) in [6.45, 7) is 3.47. The average molecular weight is 311 g/mol. The van der Waals surface area contributed by atoms with Crippen LogP contribution in [0.3, 0.4) is 0 Å². The van der Waals surface area contributed by atoms with E-state index < -0.39 is 0 Å². The summed E-state index contributed by atoms with van der Waals surface area (Å²) >= 11 is 2.03. The average Bonchev–Trinajstić information content (AvgIpc) is 2.95. The van der Waals surface area contributed by atoms with Crippen LogP contribution in [0.1, 0.15) is 35.6 Å². The first-order valence-electron chi connectivity index (χ1n) is 8.21. The first-order valence-corrected chi connectivity index (χ1v) is 9.09. The number of aryl methyl sites for hydroxylation is 1. The van der Waals surface area contributed by atoms with Gasteiger partial charge in [0, 0.05) is 16.2 Å². The van der Waals surface area contributed by atoms with Crippen molar-refractivity contribution in [3.8, 4) is 0 Å². The predicted molar refractivity (Wildman–Crippen MR) is 96.5 cm³/mol. The molecular weight excluding hydrogens is 286 g/mol. The number of hydrogen-bond donors (Lipinski definition) is 0. The molecule has 1 aliphatic rings. The van der Waals surface area contributed by atoms with E-state index in [2.05, 4.69) is 73.5 Å². The van der Waals surface area contributed by atoms with E-state index in [1.54, 1.807) is 0 Å². The molecule has 2 aromatic carbocycles. The van der Waals surface area contributed by atoms with Gasteiger partial charge in [0.1, 0.15) is 0 Å². The molecule has 1 aliphatic heterocycles. The Balaban J connectivity index is 1.81. The molecule has 2 aromatic rings. The van der Waals surface area contributed by atoms with E-state index in [0.717, 1.165) is 6.04 Å². The first-order chi connectivity index (χ1) is 10.7. The van der Waals surface area contributed by atoms with Crippen molar-refractivity contribution >= 4 is 11.8 Å². The van der Waals surface area contributed by atoms with Crippen molar-refractivity contribution in [1.82, 2.24) is 4.90 Å². The van der Waals surface area contributed by atoms with Crippen LogP contribution >= 0.6 is 11.8 Å². The summed E-state index contributed by atoms with van der Waals surface area (Å²) in [6.07, 6.45) is 3.92. The number of likely N-dealkylation sites (tertiary alicyclic amines) is 1. The van der Waals surface area contributed by atoms with Crippen LogP contribution in [0.5, 0.6) is 0 Å². The smallest absolute Gasteiger partial charge is 0.0359 e. The lowest BCUT2D eigenvalue weighted by molar-refractivity contribution is 0.295. The predicted octanol–water partition coefficient (Wildman–Crippen LogP) is 5.31. The number of benzene rings is 2. The van der Waals surface area contributed by atoms with E-state index in [1.807, 2.05) is 11.8 Å². The number of rotatable bonds is 5. The molecule has 0 N–H and O–H groups in total. The highest BCUT2D eigenvalue weighted by atomic mass is 32.2. The van der Waals surface area contributed by atoms with Crippen molar-refractivity contribution in [2.45, 2.75) is 42.4 Å². The van der Waals surface area contributed by atoms with Gasteiger partial charge in [0.15, 0.2) is 0 Å². The highest BCUT2D eigenvalue weighted by molar-refractivity contribution is 7.99. The molecule has 1 fully saturated rings. The monoisotopic (exact) mass is 311 g/mol. The van der Waals surface area contributed by atoms with Crippen molar-refractivity contribution in [2.75, 3.05) is 13.6 Å². The van der Waals surface area contributed by atoms with Crippen molar-refractivity contribution in [1.29, 1.82) is 0 Å². The zero-order valence-electron chi connectivity index (χ0n) is 13.5. The Morgan fingerprint density at radius 3 is 2.50 bits per heavy atom. The summed E-state index contributed by atoms with van der Waals surface area (Å²) in [5, 5.41) is 0.535. The fraction of sp³-hybridized carbons (Fsp3) is 0.400. The van der Waals surface area contributed by atoms with Crippen LogP contribution in [-0.2, 0) is 0 Å². The summed E-state index contributed by atoms with van der Waals surface area (Å²) in [6, 6.07) is 20.5. The van der Waals surface area contributed by atoms with Crippen molar-refractivity contribution in [3.05, 3.63) is 65.7 Å². The van der Waals surface area contributed by atoms with E-state index in [-0.39, 0.29) is 0 Å². The zero-order chi connectivity index (χ0) is 15.4. The highest BCUT2D eigenvalue weighted by Gasteiger charge is 2.26. The molecule has 0 saturated carbocycles. The fourth-order valence-electron chi connectivity index (χ4n) is 3.29. The molecule has 0 bridgehead atoms. The second-order valence-corrected chi connectivity index (χ2v) is 7.54. The summed E-state index contributed by atoms with van der Waals surface area (Å²) in [5.74, 6) is 0. The van der Waals surface area contributed by atoms with Crippen LogP contribution < -0.4 is 0 Å². The largest absolute Gasteiger partial charge is 0.303 e. The van der Waals surface area contributed by atoms with Crippen LogP contribution in [0.4, 0.5) is 0 Å². The molecule has 0 spiro atoms. The Hall–Kier alpha value is -1.25. The van der Waals surface area contributed by atoms with Gasteiger partial charge in [0.05, 0.1) is 0 Å². The van der Waals surface area contributed by atoms with Gasteiger partial charge in [-0.15, -0.1) is 11.8 Å². The Bertz CT molecular complexity index is 596. The Labute approximate surface area is 138 Å². The third kappa shape index (κ3) is 3.74. The second kappa shape index (κ2) is 7.34. The fourth-order valence-corrected chi connectivity index (χ4v) is 4.62. The minimum absolute atomic E-state index is 0.535. The topological polar surface area (TPSA) is 3.24 Å². The van der Waals surface area contributed by atoms with Crippen molar-refractivity contribution < 1.29 is 0 Å². The third-order valence-corrected chi connectivity index (χ3v) is 6.15. The van der Waals surface area contributed by atoms with Gasteiger partial charge < -0.3 is 4.90 Å². The standard InChI is InChI=1S/C20H25NS/c1-16-9-6-7-13-19(16)22-20(17-10-4-3-5-11-17)15-18-12-8-14-21(18)2/h3-7,9-11,13,18,20H,8,12,14-15H2,1-2H3. The van der Waals surface area contributed by atoms with Crippen LogP contribution in [0.15, 0.2) is 59.5 Å². The lowest BCUT2D eigenvalue weighted by Gasteiger charge is -2.26. The van der Waals surface area contributed by atoms with Gasteiger partial charge in [-0.05, 0) is 57.0 Å². The summed E-state index contributed by atoms with van der Waals surface area (Å²) in [4.78, 5) is 3.95. The molecular formula is C20H25NS. The Morgan fingerprint density at radius 1 is 1.09 bits per heavy atom. The van der Waals surface area contributed by atoms with Gasteiger partial charge in [-0.3, -0.25) is 0 Å². The molecule has 3 rings (SSSR count). The first kappa shape index (κ1) is 15.6. The summed E-state index contributed by atoms with van der Waals surface area (Å²) in [7, 11) is 2.28. The summed E-state index contributed by atoms with van der Waals surface area (Å²) in [5.41, 5.74) is 2.84. The van der Waals surface area contributed by atoms with Gasteiger partial charge in [-0.1, -0.05) is 48.5 Å². The Morgan fingerprint density at radius 2 is 1.82 bits per heavy atom. The van der Waals surface area contributed by atoms with Gasteiger partial charge >= 0.3 is 0 Å². The molecule has 1 saturated heterocycles. The van der Waals surface area contributed by atoms with Crippen LogP contribution in [0, 0.1) is 6.92 Å². The lowest BCUT2D eigenvalue weighted by Crippen LogP contribution is -2.26.